The van der Waals surface area contributed by atoms with Crippen LogP contribution in [-0.2, 0) is 4.74 Å². The predicted molar refractivity (Wildman–Crippen MR) is 50.7 cm³/mol. The Bertz CT molecular complexity index is 273. The summed E-state index contributed by atoms with van der Waals surface area (Å²) in [6.07, 6.45) is 3.14. The largest absolute Gasteiger partial charge is 0.460 e. The van der Waals surface area contributed by atoms with Crippen LogP contribution in [0.4, 0.5) is 0 Å². The van der Waals surface area contributed by atoms with Gasteiger partial charge in [0.15, 0.2) is 0 Å². The number of hydrogen-bond acceptors (Lipinski definition) is 4. The highest BCUT2D eigenvalue weighted by Gasteiger charge is 2.08. The highest BCUT2D eigenvalue weighted by molar-refractivity contribution is 14.1. The molecule has 1 heterocycles. The SMILES string of the molecule is CCOC(=O)c1ncc(I)cn1. The second kappa shape index (κ2) is 4.34. The van der Waals surface area contributed by atoms with E-state index in [0.717, 1.165) is 3.57 Å². The summed E-state index contributed by atoms with van der Waals surface area (Å²) in [7, 11) is 0. The normalized spacial score (nSPS) is 9.50. The zero-order valence-corrected chi connectivity index (χ0v) is 8.61. The van der Waals surface area contributed by atoms with Gasteiger partial charge in [0.2, 0.25) is 5.82 Å². The zero-order valence-electron chi connectivity index (χ0n) is 6.45. The van der Waals surface area contributed by atoms with Crippen LogP contribution >= 0.6 is 22.6 Å². The molecule has 1 aromatic heterocycles. The summed E-state index contributed by atoms with van der Waals surface area (Å²) >= 11 is 2.06. The minimum atomic E-state index is -0.478. The molecule has 0 atom stereocenters. The van der Waals surface area contributed by atoms with Crippen molar-refractivity contribution in [1.82, 2.24) is 9.97 Å². The summed E-state index contributed by atoms with van der Waals surface area (Å²) in [5, 5.41) is 0. The Balaban J connectivity index is 2.75. The average molecular weight is 278 g/mol. The minimum absolute atomic E-state index is 0.109. The first-order valence-corrected chi connectivity index (χ1v) is 4.46. The van der Waals surface area contributed by atoms with E-state index in [1.807, 2.05) is 0 Å². The molecule has 0 aliphatic heterocycles. The first-order chi connectivity index (χ1) is 5.74. The fraction of sp³-hybridized carbons (Fsp3) is 0.286. The lowest BCUT2D eigenvalue weighted by Crippen LogP contribution is -2.09. The van der Waals surface area contributed by atoms with E-state index in [2.05, 4.69) is 32.6 Å². The van der Waals surface area contributed by atoms with Crippen LogP contribution in [0.1, 0.15) is 17.5 Å². The molecule has 0 aliphatic carbocycles. The van der Waals surface area contributed by atoms with E-state index in [1.165, 1.54) is 0 Å². The molecule has 12 heavy (non-hydrogen) atoms. The molecule has 1 aromatic rings. The van der Waals surface area contributed by atoms with Crippen molar-refractivity contribution < 1.29 is 9.53 Å². The topological polar surface area (TPSA) is 52.1 Å². The third-order valence-electron chi connectivity index (χ3n) is 1.08. The lowest BCUT2D eigenvalue weighted by Gasteiger charge is -1.98. The molecule has 0 saturated heterocycles. The molecule has 4 nitrogen and oxygen atoms in total. The Hall–Kier alpha value is -0.720. The summed E-state index contributed by atoms with van der Waals surface area (Å²) in [6.45, 7) is 2.08. The number of rotatable bonds is 2. The van der Waals surface area contributed by atoms with Crippen molar-refractivity contribution in [2.45, 2.75) is 6.92 Å². The highest BCUT2D eigenvalue weighted by Crippen LogP contribution is 2.00. The number of nitrogens with zero attached hydrogens (tertiary/aromatic N) is 2. The molecule has 0 unspecified atom stereocenters. The molecule has 5 heteroatoms. The third kappa shape index (κ3) is 2.40. The lowest BCUT2D eigenvalue weighted by atomic mass is 10.5. The number of halogens is 1. The average Bonchev–Trinajstić information content (AvgIpc) is 2.06. The monoisotopic (exact) mass is 278 g/mol. The molecule has 0 amide bonds. The van der Waals surface area contributed by atoms with Crippen LogP contribution in [0.25, 0.3) is 0 Å². The molecule has 0 radical (unpaired) electrons. The number of aromatic nitrogens is 2. The van der Waals surface area contributed by atoms with Gasteiger partial charge in [-0.25, -0.2) is 14.8 Å². The summed E-state index contributed by atoms with van der Waals surface area (Å²) in [4.78, 5) is 18.6. The Labute approximate surface area is 83.5 Å². The molecule has 0 aliphatic rings. The number of ether oxygens (including phenoxy) is 1. The van der Waals surface area contributed by atoms with Gasteiger partial charge >= 0.3 is 5.97 Å². The summed E-state index contributed by atoms with van der Waals surface area (Å²) < 4.78 is 5.59. The quantitative estimate of drug-likeness (QED) is 0.603. The Kier molecular flexibility index (Phi) is 3.39. The first kappa shape index (κ1) is 9.37. The smallest absolute Gasteiger partial charge is 0.376 e. The molecule has 1 rings (SSSR count). The molecule has 0 bridgehead atoms. The van der Waals surface area contributed by atoms with E-state index in [9.17, 15) is 4.79 Å². The van der Waals surface area contributed by atoms with Crippen molar-refractivity contribution in [3.63, 3.8) is 0 Å². The van der Waals surface area contributed by atoms with E-state index >= 15 is 0 Å². The van der Waals surface area contributed by atoms with Crippen LogP contribution in [0, 0.1) is 3.57 Å². The van der Waals surface area contributed by atoms with Crippen molar-refractivity contribution in [3.8, 4) is 0 Å². The van der Waals surface area contributed by atoms with Crippen molar-refractivity contribution >= 4 is 28.6 Å². The van der Waals surface area contributed by atoms with Crippen LogP contribution in [0.2, 0.25) is 0 Å². The van der Waals surface area contributed by atoms with Crippen LogP contribution in [0.5, 0.6) is 0 Å². The van der Waals surface area contributed by atoms with E-state index in [1.54, 1.807) is 19.3 Å². The van der Waals surface area contributed by atoms with Gasteiger partial charge in [-0.3, -0.25) is 0 Å². The van der Waals surface area contributed by atoms with Gasteiger partial charge in [-0.2, -0.15) is 0 Å². The van der Waals surface area contributed by atoms with Gasteiger partial charge in [0, 0.05) is 16.0 Å². The highest BCUT2D eigenvalue weighted by atomic mass is 127. The summed E-state index contributed by atoms with van der Waals surface area (Å²) in [6, 6.07) is 0. The van der Waals surface area contributed by atoms with E-state index in [0.29, 0.717) is 6.61 Å². The lowest BCUT2D eigenvalue weighted by molar-refractivity contribution is 0.0512. The third-order valence-corrected chi connectivity index (χ3v) is 1.64. The van der Waals surface area contributed by atoms with E-state index < -0.39 is 5.97 Å². The van der Waals surface area contributed by atoms with Crippen LogP contribution in [-0.4, -0.2) is 22.5 Å². The molecule has 0 aromatic carbocycles. The van der Waals surface area contributed by atoms with Crippen molar-refractivity contribution in [2.75, 3.05) is 6.61 Å². The maximum Gasteiger partial charge on any atom is 0.376 e. The molecular formula is C7H7IN2O2. The van der Waals surface area contributed by atoms with E-state index in [4.69, 9.17) is 4.74 Å². The predicted octanol–water partition coefficient (Wildman–Crippen LogP) is 1.26. The maximum atomic E-state index is 11.0. The summed E-state index contributed by atoms with van der Waals surface area (Å²) in [5.41, 5.74) is 0. The Morgan fingerprint density at radius 1 is 1.58 bits per heavy atom. The summed E-state index contributed by atoms with van der Waals surface area (Å²) in [5.74, 6) is -0.369. The zero-order chi connectivity index (χ0) is 8.97. The van der Waals surface area contributed by atoms with Crippen molar-refractivity contribution in [3.05, 3.63) is 21.8 Å². The Morgan fingerprint density at radius 2 is 2.17 bits per heavy atom. The van der Waals surface area contributed by atoms with Crippen LogP contribution in [0.15, 0.2) is 12.4 Å². The second-order valence-corrected chi connectivity index (χ2v) is 3.19. The number of carbonyl (C=O) groups excluding carboxylic acids is 1. The molecule has 0 N–H and O–H groups in total. The Morgan fingerprint density at radius 3 is 2.67 bits per heavy atom. The number of esters is 1. The number of hydrogen-bond donors (Lipinski definition) is 0. The van der Waals surface area contributed by atoms with Gasteiger partial charge in [-0.05, 0) is 29.5 Å². The van der Waals surface area contributed by atoms with E-state index in [-0.39, 0.29) is 5.82 Å². The maximum absolute atomic E-state index is 11.0. The van der Waals surface area contributed by atoms with Crippen molar-refractivity contribution in [1.29, 1.82) is 0 Å². The molecule has 0 fully saturated rings. The first-order valence-electron chi connectivity index (χ1n) is 3.38. The number of carbonyl (C=O) groups is 1. The van der Waals surface area contributed by atoms with Gasteiger partial charge in [0.05, 0.1) is 6.61 Å². The van der Waals surface area contributed by atoms with Gasteiger partial charge in [-0.1, -0.05) is 0 Å². The molecule has 0 saturated carbocycles. The fourth-order valence-corrected chi connectivity index (χ4v) is 0.892. The van der Waals surface area contributed by atoms with Gasteiger partial charge in [0.25, 0.3) is 0 Å². The van der Waals surface area contributed by atoms with Crippen LogP contribution in [0.3, 0.4) is 0 Å². The fourth-order valence-electron chi connectivity index (χ4n) is 0.613. The minimum Gasteiger partial charge on any atom is -0.460 e. The van der Waals surface area contributed by atoms with Crippen molar-refractivity contribution in [2.24, 2.45) is 0 Å². The molecule has 64 valence electrons. The standard InChI is InChI=1S/C7H7IN2O2/c1-2-12-7(11)6-9-3-5(8)4-10-6/h3-4H,2H2,1H3. The van der Waals surface area contributed by atoms with Gasteiger partial charge < -0.3 is 4.74 Å². The van der Waals surface area contributed by atoms with Gasteiger partial charge in [-0.15, -0.1) is 0 Å². The van der Waals surface area contributed by atoms with Gasteiger partial charge in [0.1, 0.15) is 0 Å². The molecule has 0 spiro atoms. The second-order valence-electron chi connectivity index (χ2n) is 1.95. The molecular weight excluding hydrogens is 271 g/mol. The van der Waals surface area contributed by atoms with Crippen LogP contribution < -0.4 is 0 Å².